The molecule has 1 aromatic carbocycles. The van der Waals surface area contributed by atoms with E-state index < -0.39 is 11.9 Å². The molecule has 7 heteroatoms. The zero-order valence-electron chi connectivity index (χ0n) is 13.2. The van der Waals surface area contributed by atoms with Gasteiger partial charge in [0.05, 0.1) is 11.6 Å². The minimum atomic E-state index is -0.857. The molecule has 2 aromatic rings. The van der Waals surface area contributed by atoms with Gasteiger partial charge < -0.3 is 10.0 Å². The van der Waals surface area contributed by atoms with E-state index in [1.54, 1.807) is 34.0 Å². The number of aliphatic carboxylic acids is 1. The molecule has 2 unspecified atom stereocenters. The van der Waals surface area contributed by atoms with Crippen molar-refractivity contribution in [3.05, 3.63) is 47.2 Å². The normalized spacial score (nSPS) is 20.8. The van der Waals surface area contributed by atoms with Crippen molar-refractivity contribution in [2.75, 3.05) is 6.54 Å². The third-order valence-electron chi connectivity index (χ3n) is 4.37. The number of likely N-dealkylation sites (tertiary alicyclic amines) is 1. The van der Waals surface area contributed by atoms with Gasteiger partial charge in [-0.1, -0.05) is 17.7 Å². The van der Waals surface area contributed by atoms with Crippen LogP contribution < -0.4 is 0 Å². The summed E-state index contributed by atoms with van der Waals surface area (Å²) in [6.45, 7) is 2.16. The summed E-state index contributed by atoms with van der Waals surface area (Å²) in [4.78, 5) is 25.5. The van der Waals surface area contributed by atoms with Crippen molar-refractivity contribution in [3.63, 3.8) is 0 Å². The molecule has 2 atom stereocenters. The fourth-order valence-corrected chi connectivity index (χ4v) is 3.12. The average molecular weight is 348 g/mol. The van der Waals surface area contributed by atoms with Gasteiger partial charge in [0.2, 0.25) is 0 Å². The molecule has 1 amide bonds. The Morgan fingerprint density at radius 2 is 2.08 bits per heavy atom. The molecule has 126 valence electrons. The van der Waals surface area contributed by atoms with Gasteiger partial charge in [-0.2, -0.15) is 5.10 Å². The number of carbonyl (C=O) groups excluding carboxylic acids is 1. The van der Waals surface area contributed by atoms with Crippen LogP contribution in [0.25, 0.3) is 5.69 Å². The van der Waals surface area contributed by atoms with Crippen LogP contribution in [-0.2, 0) is 4.79 Å². The highest BCUT2D eigenvalue weighted by atomic mass is 35.5. The molecule has 1 saturated heterocycles. The molecule has 6 nitrogen and oxygen atoms in total. The summed E-state index contributed by atoms with van der Waals surface area (Å²) in [6, 6.07) is 8.82. The lowest BCUT2D eigenvalue weighted by Gasteiger charge is -2.36. The van der Waals surface area contributed by atoms with Crippen LogP contribution in [-0.4, -0.2) is 44.3 Å². The van der Waals surface area contributed by atoms with Crippen molar-refractivity contribution < 1.29 is 14.7 Å². The Morgan fingerprint density at radius 3 is 2.79 bits per heavy atom. The van der Waals surface area contributed by atoms with Crippen LogP contribution in [0.5, 0.6) is 0 Å². The van der Waals surface area contributed by atoms with Crippen LogP contribution in [0.3, 0.4) is 0 Å². The summed E-state index contributed by atoms with van der Waals surface area (Å²) in [5, 5.41) is 14.1. The lowest BCUT2D eigenvalue weighted by molar-refractivity contribution is -0.143. The Balaban J connectivity index is 1.81. The number of carboxylic acid groups (broad SMARTS) is 1. The van der Waals surface area contributed by atoms with Gasteiger partial charge in [-0.25, -0.2) is 4.68 Å². The van der Waals surface area contributed by atoms with E-state index >= 15 is 0 Å². The van der Waals surface area contributed by atoms with Crippen molar-refractivity contribution in [2.45, 2.75) is 25.8 Å². The molecule has 3 rings (SSSR count). The van der Waals surface area contributed by atoms with Crippen molar-refractivity contribution in [1.82, 2.24) is 14.7 Å². The van der Waals surface area contributed by atoms with Gasteiger partial charge in [0, 0.05) is 23.8 Å². The number of rotatable bonds is 3. The summed E-state index contributed by atoms with van der Waals surface area (Å²) in [7, 11) is 0. The van der Waals surface area contributed by atoms with Crippen molar-refractivity contribution in [2.24, 2.45) is 5.92 Å². The highest BCUT2D eigenvalue weighted by Gasteiger charge is 2.33. The lowest BCUT2D eigenvalue weighted by atomic mass is 9.93. The van der Waals surface area contributed by atoms with E-state index in [0.717, 1.165) is 5.69 Å². The fraction of sp³-hybridized carbons (Fsp3) is 0.353. The standard InChI is InChI=1S/C17H18ClN3O3/c1-11-5-6-12(17(23)24)10-20(11)16(22)15-7-8-21(19-15)14-4-2-3-13(18)9-14/h2-4,7-9,11-12H,5-6,10H2,1H3,(H,23,24). The van der Waals surface area contributed by atoms with Gasteiger partial charge in [0.25, 0.3) is 5.91 Å². The molecule has 0 bridgehead atoms. The number of nitrogens with zero attached hydrogens (tertiary/aromatic N) is 3. The second-order valence-electron chi connectivity index (χ2n) is 6.04. The van der Waals surface area contributed by atoms with Gasteiger partial charge in [-0.05, 0) is 44.0 Å². The van der Waals surface area contributed by atoms with Crippen LogP contribution in [0.2, 0.25) is 5.02 Å². The van der Waals surface area contributed by atoms with Crippen LogP contribution in [0.4, 0.5) is 0 Å². The molecular weight excluding hydrogens is 330 g/mol. The third kappa shape index (κ3) is 3.28. The van der Waals surface area contributed by atoms with Gasteiger partial charge in [-0.3, -0.25) is 9.59 Å². The summed E-state index contributed by atoms with van der Waals surface area (Å²) >= 11 is 5.98. The molecule has 1 aromatic heterocycles. The minimum absolute atomic E-state index is 0.00409. The number of halogens is 1. The van der Waals surface area contributed by atoms with Crippen molar-refractivity contribution in [3.8, 4) is 5.69 Å². The highest BCUT2D eigenvalue weighted by Crippen LogP contribution is 2.24. The second-order valence-corrected chi connectivity index (χ2v) is 6.48. The van der Waals surface area contributed by atoms with E-state index in [1.807, 2.05) is 19.1 Å². The molecule has 1 fully saturated rings. The fourth-order valence-electron chi connectivity index (χ4n) is 2.94. The molecule has 1 aliphatic heterocycles. The van der Waals surface area contributed by atoms with E-state index in [1.165, 1.54) is 0 Å². The molecule has 0 spiro atoms. The Kier molecular flexibility index (Phi) is 4.57. The zero-order chi connectivity index (χ0) is 17.3. The Morgan fingerprint density at radius 1 is 1.29 bits per heavy atom. The summed E-state index contributed by atoms with van der Waals surface area (Å²) in [5.74, 6) is -1.61. The van der Waals surface area contributed by atoms with E-state index in [0.29, 0.717) is 23.6 Å². The quantitative estimate of drug-likeness (QED) is 0.926. The van der Waals surface area contributed by atoms with Crippen molar-refractivity contribution in [1.29, 1.82) is 0 Å². The number of carbonyl (C=O) groups is 2. The minimum Gasteiger partial charge on any atom is -0.481 e. The first kappa shape index (κ1) is 16.5. The zero-order valence-corrected chi connectivity index (χ0v) is 14.0. The average Bonchev–Trinajstić information content (AvgIpc) is 3.04. The number of piperidine rings is 1. The first-order chi connectivity index (χ1) is 11.5. The van der Waals surface area contributed by atoms with Crippen molar-refractivity contribution >= 4 is 23.5 Å². The maximum Gasteiger partial charge on any atom is 0.308 e. The largest absolute Gasteiger partial charge is 0.481 e. The monoisotopic (exact) mass is 347 g/mol. The van der Waals surface area contributed by atoms with Crippen LogP contribution in [0.1, 0.15) is 30.3 Å². The number of aromatic nitrogens is 2. The number of carboxylic acids is 1. The van der Waals surface area contributed by atoms with Crippen LogP contribution in [0.15, 0.2) is 36.5 Å². The van der Waals surface area contributed by atoms with Crippen LogP contribution >= 0.6 is 11.6 Å². The molecule has 0 radical (unpaired) electrons. The maximum atomic E-state index is 12.7. The number of hydrogen-bond acceptors (Lipinski definition) is 3. The van der Waals surface area contributed by atoms with Crippen LogP contribution in [0, 0.1) is 5.92 Å². The first-order valence-corrected chi connectivity index (χ1v) is 8.19. The predicted octanol–water partition coefficient (Wildman–Crippen LogP) is 2.85. The first-order valence-electron chi connectivity index (χ1n) is 7.81. The Labute approximate surface area is 144 Å². The molecule has 24 heavy (non-hydrogen) atoms. The molecule has 2 heterocycles. The van der Waals surface area contributed by atoms with Gasteiger partial charge in [-0.15, -0.1) is 0 Å². The topological polar surface area (TPSA) is 75.4 Å². The Bertz CT molecular complexity index is 774. The molecular formula is C17H18ClN3O3. The van der Waals surface area contributed by atoms with Gasteiger partial charge in [0.15, 0.2) is 5.69 Å². The SMILES string of the molecule is CC1CCC(C(=O)O)CN1C(=O)c1ccn(-c2cccc(Cl)c2)n1. The van der Waals surface area contributed by atoms with Gasteiger partial charge >= 0.3 is 5.97 Å². The van der Waals surface area contributed by atoms with E-state index in [-0.39, 0.29) is 18.5 Å². The molecule has 0 aliphatic carbocycles. The highest BCUT2D eigenvalue weighted by molar-refractivity contribution is 6.30. The summed E-state index contributed by atoms with van der Waals surface area (Å²) in [6.07, 6.45) is 2.97. The second kappa shape index (κ2) is 6.65. The summed E-state index contributed by atoms with van der Waals surface area (Å²) < 4.78 is 1.59. The van der Waals surface area contributed by atoms with E-state index in [9.17, 15) is 14.7 Å². The number of hydrogen-bond donors (Lipinski definition) is 1. The Hall–Kier alpha value is -2.34. The van der Waals surface area contributed by atoms with Gasteiger partial charge in [0.1, 0.15) is 0 Å². The molecule has 1 aliphatic rings. The maximum absolute atomic E-state index is 12.7. The predicted molar refractivity (Wildman–Crippen MR) is 89.4 cm³/mol. The molecule has 1 N–H and O–H groups in total. The molecule has 0 saturated carbocycles. The lowest BCUT2D eigenvalue weighted by Crippen LogP contribution is -2.47. The number of benzene rings is 1. The number of amides is 1. The summed E-state index contributed by atoms with van der Waals surface area (Å²) in [5.41, 5.74) is 1.06. The smallest absolute Gasteiger partial charge is 0.308 e. The van der Waals surface area contributed by atoms with E-state index in [4.69, 9.17) is 11.6 Å². The van der Waals surface area contributed by atoms with E-state index in [2.05, 4.69) is 5.10 Å². The third-order valence-corrected chi connectivity index (χ3v) is 4.61.